The van der Waals surface area contributed by atoms with E-state index in [2.05, 4.69) is 16.8 Å². The van der Waals surface area contributed by atoms with Gasteiger partial charge in [0, 0.05) is 36.8 Å². The second-order valence-corrected chi connectivity index (χ2v) is 5.55. The molecule has 0 bridgehead atoms. The standard InChI is InChI=1S/C14H17N3OS/c1-17(13-4-6-19-10-13)14(18)12-7-11(3-2-5-15)8-16-9-12/h7-9,13H,4-6,10,15H2,1H3. The smallest absolute Gasteiger partial charge is 0.255 e. The van der Waals surface area contributed by atoms with Gasteiger partial charge in [-0.2, -0.15) is 11.8 Å². The highest BCUT2D eigenvalue weighted by Crippen LogP contribution is 2.22. The summed E-state index contributed by atoms with van der Waals surface area (Å²) in [4.78, 5) is 18.2. The number of hydrogen-bond acceptors (Lipinski definition) is 4. The Labute approximate surface area is 117 Å². The minimum absolute atomic E-state index is 0.0106. The first-order chi connectivity index (χ1) is 9.22. The zero-order valence-electron chi connectivity index (χ0n) is 10.9. The summed E-state index contributed by atoms with van der Waals surface area (Å²) < 4.78 is 0. The number of amides is 1. The predicted molar refractivity (Wildman–Crippen MR) is 78.0 cm³/mol. The lowest BCUT2D eigenvalue weighted by Crippen LogP contribution is -2.37. The number of hydrogen-bond donors (Lipinski definition) is 1. The molecule has 1 amide bonds. The van der Waals surface area contributed by atoms with Gasteiger partial charge in [-0.1, -0.05) is 11.8 Å². The Morgan fingerprint density at radius 3 is 3.16 bits per heavy atom. The molecule has 1 aromatic rings. The molecule has 2 N–H and O–H groups in total. The van der Waals surface area contributed by atoms with Crippen molar-refractivity contribution in [2.75, 3.05) is 25.1 Å². The van der Waals surface area contributed by atoms with Gasteiger partial charge in [0.05, 0.1) is 12.1 Å². The van der Waals surface area contributed by atoms with E-state index >= 15 is 0 Å². The summed E-state index contributed by atoms with van der Waals surface area (Å²) in [5, 5.41) is 0. The van der Waals surface area contributed by atoms with E-state index in [-0.39, 0.29) is 5.91 Å². The molecule has 2 rings (SSSR count). The van der Waals surface area contributed by atoms with Crippen LogP contribution in [0.15, 0.2) is 18.5 Å². The van der Waals surface area contributed by atoms with Gasteiger partial charge in [-0.05, 0) is 18.2 Å². The van der Waals surface area contributed by atoms with Crippen molar-refractivity contribution in [3.63, 3.8) is 0 Å². The molecule has 5 heteroatoms. The van der Waals surface area contributed by atoms with Crippen molar-refractivity contribution in [2.45, 2.75) is 12.5 Å². The van der Waals surface area contributed by atoms with Crippen molar-refractivity contribution in [1.29, 1.82) is 0 Å². The fraction of sp³-hybridized carbons (Fsp3) is 0.429. The van der Waals surface area contributed by atoms with E-state index in [1.807, 2.05) is 23.7 Å². The molecule has 1 aromatic heterocycles. The normalized spacial score (nSPS) is 17.7. The molecule has 1 unspecified atom stereocenters. The third-order valence-electron chi connectivity index (χ3n) is 3.09. The van der Waals surface area contributed by atoms with Crippen molar-refractivity contribution in [2.24, 2.45) is 5.73 Å². The minimum Gasteiger partial charge on any atom is -0.338 e. The first kappa shape index (κ1) is 13.9. The van der Waals surface area contributed by atoms with Crippen LogP contribution in [-0.2, 0) is 0 Å². The number of nitrogens with two attached hydrogens (primary N) is 1. The number of pyridine rings is 1. The van der Waals surface area contributed by atoms with Crippen molar-refractivity contribution in [3.05, 3.63) is 29.6 Å². The van der Waals surface area contributed by atoms with Gasteiger partial charge in [-0.25, -0.2) is 0 Å². The van der Waals surface area contributed by atoms with E-state index in [4.69, 9.17) is 5.73 Å². The van der Waals surface area contributed by atoms with Gasteiger partial charge in [-0.3, -0.25) is 9.78 Å². The second-order valence-electron chi connectivity index (χ2n) is 4.40. The average Bonchev–Trinajstić information content (AvgIpc) is 2.98. The maximum Gasteiger partial charge on any atom is 0.255 e. The lowest BCUT2D eigenvalue weighted by atomic mass is 10.1. The molecule has 1 fully saturated rings. The predicted octanol–water partition coefficient (Wildman–Crippen LogP) is 0.969. The van der Waals surface area contributed by atoms with Gasteiger partial charge in [-0.15, -0.1) is 0 Å². The van der Waals surface area contributed by atoms with Crippen molar-refractivity contribution >= 4 is 17.7 Å². The first-order valence-electron chi connectivity index (χ1n) is 6.21. The molecule has 0 spiro atoms. The van der Waals surface area contributed by atoms with E-state index in [1.165, 1.54) is 0 Å². The van der Waals surface area contributed by atoms with E-state index in [0.717, 1.165) is 23.5 Å². The SMILES string of the molecule is CN(C(=O)c1cncc(C#CCN)c1)C1CCSC1. The largest absolute Gasteiger partial charge is 0.338 e. The summed E-state index contributed by atoms with van der Waals surface area (Å²) >= 11 is 1.89. The molecule has 1 saturated heterocycles. The number of carbonyl (C=O) groups is 1. The molecule has 4 nitrogen and oxygen atoms in total. The van der Waals surface area contributed by atoms with E-state index in [1.54, 1.807) is 18.5 Å². The van der Waals surface area contributed by atoms with Gasteiger partial charge in [0.1, 0.15) is 0 Å². The van der Waals surface area contributed by atoms with Crippen LogP contribution in [0.5, 0.6) is 0 Å². The van der Waals surface area contributed by atoms with Crippen LogP contribution >= 0.6 is 11.8 Å². The highest BCUT2D eigenvalue weighted by molar-refractivity contribution is 7.99. The topological polar surface area (TPSA) is 59.2 Å². The number of nitrogens with zero attached hydrogens (tertiary/aromatic N) is 2. The Kier molecular flexibility index (Phi) is 4.83. The summed E-state index contributed by atoms with van der Waals surface area (Å²) in [6, 6.07) is 2.10. The van der Waals surface area contributed by atoms with Crippen LogP contribution in [0.25, 0.3) is 0 Å². The number of aromatic nitrogens is 1. The zero-order valence-corrected chi connectivity index (χ0v) is 11.7. The Balaban J connectivity index is 2.14. The third kappa shape index (κ3) is 3.49. The lowest BCUT2D eigenvalue weighted by Gasteiger charge is -2.23. The van der Waals surface area contributed by atoms with Gasteiger partial charge >= 0.3 is 0 Å². The lowest BCUT2D eigenvalue weighted by molar-refractivity contribution is 0.0747. The van der Waals surface area contributed by atoms with E-state index in [9.17, 15) is 4.79 Å². The van der Waals surface area contributed by atoms with Gasteiger partial charge in [0.25, 0.3) is 5.91 Å². The van der Waals surface area contributed by atoms with Crippen LogP contribution in [0.2, 0.25) is 0 Å². The summed E-state index contributed by atoms with van der Waals surface area (Å²) in [7, 11) is 1.86. The second kappa shape index (κ2) is 6.60. The molecule has 0 radical (unpaired) electrons. The summed E-state index contributed by atoms with van der Waals surface area (Å²) in [6.07, 6.45) is 4.30. The molecule has 1 aliphatic heterocycles. The van der Waals surface area contributed by atoms with Crippen LogP contribution in [0.4, 0.5) is 0 Å². The molecule has 100 valence electrons. The average molecular weight is 275 g/mol. The van der Waals surface area contributed by atoms with E-state index in [0.29, 0.717) is 18.2 Å². The summed E-state index contributed by atoms with van der Waals surface area (Å²) in [5.74, 6) is 7.81. The Morgan fingerprint density at radius 2 is 2.47 bits per heavy atom. The van der Waals surface area contributed by atoms with Gasteiger partial charge in [0.15, 0.2) is 0 Å². The summed E-state index contributed by atoms with van der Waals surface area (Å²) in [5.41, 5.74) is 6.65. The maximum absolute atomic E-state index is 12.4. The Bertz CT molecular complexity index is 515. The minimum atomic E-state index is 0.0106. The van der Waals surface area contributed by atoms with Crippen LogP contribution < -0.4 is 5.73 Å². The molecule has 0 aliphatic carbocycles. The number of carbonyl (C=O) groups excluding carboxylic acids is 1. The highest BCUT2D eigenvalue weighted by atomic mass is 32.2. The number of rotatable bonds is 2. The van der Waals surface area contributed by atoms with Crippen molar-refractivity contribution in [3.8, 4) is 11.8 Å². The van der Waals surface area contributed by atoms with Gasteiger partial charge < -0.3 is 10.6 Å². The Hall–Kier alpha value is -1.51. The van der Waals surface area contributed by atoms with Crippen LogP contribution in [0.3, 0.4) is 0 Å². The highest BCUT2D eigenvalue weighted by Gasteiger charge is 2.24. The number of thioether (sulfide) groups is 1. The maximum atomic E-state index is 12.4. The van der Waals surface area contributed by atoms with Gasteiger partial charge in [0.2, 0.25) is 0 Å². The molecular formula is C14H17N3OS. The van der Waals surface area contributed by atoms with Crippen molar-refractivity contribution in [1.82, 2.24) is 9.88 Å². The van der Waals surface area contributed by atoms with Crippen LogP contribution in [0.1, 0.15) is 22.3 Å². The Morgan fingerprint density at radius 1 is 1.63 bits per heavy atom. The fourth-order valence-corrected chi connectivity index (χ4v) is 3.24. The molecule has 19 heavy (non-hydrogen) atoms. The summed E-state index contributed by atoms with van der Waals surface area (Å²) in [6.45, 7) is 0.303. The molecule has 1 atom stereocenters. The van der Waals surface area contributed by atoms with Crippen LogP contribution in [-0.4, -0.2) is 46.9 Å². The third-order valence-corrected chi connectivity index (χ3v) is 4.24. The molecular weight excluding hydrogens is 258 g/mol. The molecule has 0 saturated carbocycles. The van der Waals surface area contributed by atoms with Crippen LogP contribution in [0, 0.1) is 11.8 Å². The first-order valence-corrected chi connectivity index (χ1v) is 7.36. The molecule has 0 aromatic carbocycles. The monoisotopic (exact) mass is 275 g/mol. The molecule has 2 heterocycles. The quantitative estimate of drug-likeness (QED) is 0.817. The fourth-order valence-electron chi connectivity index (χ4n) is 1.98. The zero-order chi connectivity index (χ0) is 13.7. The van der Waals surface area contributed by atoms with E-state index < -0.39 is 0 Å². The van der Waals surface area contributed by atoms with Crippen molar-refractivity contribution < 1.29 is 4.79 Å². The molecule has 1 aliphatic rings.